The number of hydrogen-bond donors (Lipinski definition) is 0. The van der Waals surface area contributed by atoms with Gasteiger partial charge in [-0.15, -0.1) is 0 Å². The maximum Gasteiger partial charge on any atom is 0.278 e. The van der Waals surface area contributed by atoms with E-state index in [1.807, 2.05) is 65.4 Å². The summed E-state index contributed by atoms with van der Waals surface area (Å²) in [6.07, 6.45) is 5.38. The highest BCUT2D eigenvalue weighted by Crippen LogP contribution is 2.38. The molecule has 12 aromatic carbocycles. The Kier molecular flexibility index (Phi) is 11.8. The minimum absolute atomic E-state index is 0.144. The van der Waals surface area contributed by atoms with Gasteiger partial charge in [0.05, 0.1) is 47.1 Å². The fourth-order valence-corrected chi connectivity index (χ4v) is 23.3. The fourth-order valence-electron chi connectivity index (χ4n) is 12.7. The summed E-state index contributed by atoms with van der Waals surface area (Å²) >= 11 is 0. The van der Waals surface area contributed by atoms with Gasteiger partial charge in [-0.25, -0.2) is 4.98 Å². The van der Waals surface area contributed by atoms with Crippen LogP contribution in [0.3, 0.4) is 0 Å². The number of imidazole rings is 1. The van der Waals surface area contributed by atoms with Crippen LogP contribution in [0.2, 0.25) is 0 Å². The van der Waals surface area contributed by atoms with Crippen LogP contribution in [-0.2, 0) is 9.53 Å². The summed E-state index contributed by atoms with van der Waals surface area (Å²) in [5.41, 5.74) is 4.64. The molecule has 0 aliphatic heterocycles. The Labute approximate surface area is 541 Å². The lowest BCUT2D eigenvalue weighted by atomic mass is 9.88. The second kappa shape index (κ2) is 23.4. The molecule has 0 saturated heterocycles. The molecule has 3 aromatic heterocycles. The molecule has 0 radical (unpaired) electrons. The molecular weight excluding hydrogens is 1130 g/mol. The first-order valence-electron chi connectivity index (χ1n) is 34.9. The molecule has 6 nitrogen and oxygen atoms in total. The van der Waals surface area contributed by atoms with Crippen LogP contribution in [0.15, 0.2) is 334 Å². The molecule has 0 amide bonds. The van der Waals surface area contributed by atoms with E-state index in [1.165, 1.54) is 0 Å². The van der Waals surface area contributed by atoms with E-state index in [1.54, 1.807) is 22.8 Å². The first-order chi connectivity index (χ1) is 48.4. The van der Waals surface area contributed by atoms with Crippen LogP contribution in [-0.4, -0.2) is 30.8 Å². The van der Waals surface area contributed by atoms with E-state index in [4.69, 9.17) is 22.1 Å². The van der Waals surface area contributed by atoms with Crippen molar-refractivity contribution >= 4 is 80.6 Å². The Hall–Kier alpha value is -10.7. The summed E-state index contributed by atoms with van der Waals surface area (Å²) in [6, 6.07) is 85.5. The predicted octanol–water partition coefficient (Wildman–Crippen LogP) is 15.3. The van der Waals surface area contributed by atoms with Crippen molar-refractivity contribution in [1.82, 2.24) is 14.1 Å². The van der Waals surface area contributed by atoms with Gasteiger partial charge in [-0.05, 0) is 119 Å². The number of hydrogen-bond acceptors (Lipinski definition) is 3. The van der Waals surface area contributed by atoms with Crippen molar-refractivity contribution in [3.63, 3.8) is 0 Å². The highest BCUT2D eigenvalue weighted by atomic mass is 28.4. The zero-order chi connectivity index (χ0) is 69.4. The standard InChI is InChI=1S/C82H64N4O2Si2/c1-82(2,3)62-53-54-83-80(55-62)86-76-52-50-71(90(69-41-21-9-22-42-69,70-43-23-10-24-44-70)88-89(66-35-15-6-16-36-66,67-37-17-7-18-38-67)68-39-19-8-20-40-68)58-75(76)74-51-49-65(57-79(74)86)87-64-34-27-33-63(56-64)84-59-85(78-48-26-25-47-77(78)84)81-72(60-29-11-4-12-30-60)45-28-46-73(81)61-31-13-5-14-32-61/h4-58H,1-3H3/i4D,5D,11D,12D,13D,14D,29D,30D,31D,32D. The molecule has 8 heteroatoms. The number of fused-ring (bicyclic) bond motifs is 4. The lowest BCUT2D eigenvalue weighted by Crippen LogP contribution is -2.81. The van der Waals surface area contributed by atoms with Crippen LogP contribution in [0.1, 0.15) is 40.0 Å². The average molecular weight is 1200 g/mol. The van der Waals surface area contributed by atoms with E-state index in [-0.39, 0.29) is 33.4 Å². The molecule has 0 bridgehead atoms. The number of pyridine rings is 1. The van der Waals surface area contributed by atoms with Crippen molar-refractivity contribution in [2.24, 2.45) is 0 Å². The summed E-state index contributed by atoms with van der Waals surface area (Å²) in [5.74, 6) is 1.76. The Balaban J connectivity index is 0.913. The molecule has 432 valence electrons. The lowest BCUT2D eigenvalue weighted by Gasteiger charge is -2.44. The highest BCUT2D eigenvalue weighted by molar-refractivity contribution is 7.18. The van der Waals surface area contributed by atoms with E-state index in [0.29, 0.717) is 28.2 Å². The number of nitrogens with zero attached hydrogens (tertiary/aromatic N) is 4. The third-order valence-corrected chi connectivity index (χ3v) is 26.2. The molecule has 0 fully saturated rings. The second-order valence-electron chi connectivity index (χ2n) is 23.3. The number of para-hydroxylation sites is 3. The fraction of sp³-hybridized carbons (Fsp3) is 0.0488. The molecule has 0 aliphatic carbocycles. The maximum atomic E-state index is 9.18. The number of benzene rings is 12. The van der Waals surface area contributed by atoms with Gasteiger partial charge < -0.3 is 8.85 Å². The molecule has 90 heavy (non-hydrogen) atoms. The van der Waals surface area contributed by atoms with Crippen LogP contribution < -0.4 is 40.4 Å². The molecule has 3 heterocycles. The van der Waals surface area contributed by atoms with Crippen molar-refractivity contribution < 1.29 is 27.1 Å². The normalized spacial score (nSPS) is 13.5. The molecule has 0 spiro atoms. The van der Waals surface area contributed by atoms with E-state index < -0.39 is 77.1 Å². The minimum Gasteiger partial charge on any atom is -0.458 e. The second-order valence-corrected chi connectivity index (χ2v) is 30.3. The Morgan fingerprint density at radius 1 is 0.433 bits per heavy atom. The quantitative estimate of drug-likeness (QED) is 0.0445. The number of ether oxygens (including phenoxy) is 1. The van der Waals surface area contributed by atoms with Crippen molar-refractivity contribution in [2.45, 2.75) is 26.2 Å². The largest absolute Gasteiger partial charge is 0.458 e. The third-order valence-electron chi connectivity index (χ3n) is 16.9. The maximum absolute atomic E-state index is 9.18. The summed E-state index contributed by atoms with van der Waals surface area (Å²) in [7, 11) is -7.15. The lowest BCUT2D eigenvalue weighted by molar-refractivity contribution is -0.571. The molecule has 15 aromatic rings. The van der Waals surface area contributed by atoms with Gasteiger partial charge in [-0.1, -0.05) is 287 Å². The number of rotatable bonds is 15. The summed E-state index contributed by atoms with van der Waals surface area (Å²) in [4.78, 5) is 5.12. The van der Waals surface area contributed by atoms with Gasteiger partial charge in [0.2, 0.25) is 0 Å². The summed E-state index contributed by atoms with van der Waals surface area (Å²) in [5, 5.41) is 8.59. The van der Waals surface area contributed by atoms with Gasteiger partial charge in [0.25, 0.3) is 23.0 Å². The van der Waals surface area contributed by atoms with Gasteiger partial charge in [-0.3, -0.25) is 13.7 Å². The van der Waals surface area contributed by atoms with Gasteiger partial charge >= 0.3 is 0 Å². The van der Waals surface area contributed by atoms with E-state index in [2.05, 4.69) is 226 Å². The molecule has 0 aliphatic rings. The monoisotopic (exact) mass is 1200 g/mol. The predicted molar refractivity (Wildman–Crippen MR) is 374 cm³/mol. The third kappa shape index (κ3) is 9.97. The molecule has 0 atom stereocenters. The first-order valence-corrected chi connectivity index (χ1v) is 33.7. The van der Waals surface area contributed by atoms with Gasteiger partial charge in [-0.2, -0.15) is 0 Å². The smallest absolute Gasteiger partial charge is 0.278 e. The summed E-state index contributed by atoms with van der Waals surface area (Å²) < 4.78 is 110. The van der Waals surface area contributed by atoms with E-state index >= 15 is 0 Å². The SMILES string of the molecule is [2H]c1c([2H])c([2H])c(-c2cccc(-c3c([2H])c([2H])c([2H])c([2H])c3[2H])c2-[n+]2[c-]n(-c3cccc(Oc4ccc5c6cc([Si](O[Si](c7ccccc7)(c7ccccc7)c7ccccc7)(c7ccccc7)c7ccccc7)ccc6n(-c6cc(C(C)(C)C)ccn6)c5c4)c3)c3ccccc32)c([2H])c1[2H]. The number of aromatic nitrogens is 4. The first kappa shape index (κ1) is 45.5. The average Bonchev–Trinajstić information content (AvgIpc) is 1.14. The zero-order valence-corrected chi connectivity index (χ0v) is 51.6. The van der Waals surface area contributed by atoms with E-state index in [9.17, 15) is 5.48 Å². The van der Waals surface area contributed by atoms with Gasteiger partial charge in [0.1, 0.15) is 17.3 Å². The van der Waals surface area contributed by atoms with Gasteiger partial charge in [0.15, 0.2) is 0 Å². The van der Waals surface area contributed by atoms with E-state index in [0.717, 1.165) is 64.3 Å². The molecule has 15 rings (SSSR count). The van der Waals surface area contributed by atoms with Gasteiger partial charge in [0, 0.05) is 23.0 Å². The Morgan fingerprint density at radius 2 is 0.944 bits per heavy atom. The Bertz CT molecular complexity index is 5400. The molecular formula is C82H64N4O2Si2. The van der Waals surface area contributed by atoms with Crippen LogP contribution >= 0.6 is 0 Å². The van der Waals surface area contributed by atoms with Crippen molar-refractivity contribution in [1.29, 1.82) is 0 Å². The molecule has 0 saturated carbocycles. The van der Waals surface area contributed by atoms with Crippen molar-refractivity contribution in [3.8, 4) is 50.9 Å². The highest BCUT2D eigenvalue weighted by Gasteiger charge is 2.53. The van der Waals surface area contributed by atoms with Crippen molar-refractivity contribution in [3.05, 3.63) is 345 Å². The molecule has 0 N–H and O–H groups in total. The summed E-state index contributed by atoms with van der Waals surface area (Å²) in [6.45, 7) is 6.60. The van der Waals surface area contributed by atoms with Crippen molar-refractivity contribution in [2.75, 3.05) is 0 Å². The molecule has 0 unspecified atom stereocenters. The van der Waals surface area contributed by atoms with Crippen LogP contribution in [0.25, 0.3) is 72.3 Å². The Morgan fingerprint density at radius 3 is 1.50 bits per heavy atom. The van der Waals surface area contributed by atoms with Crippen LogP contribution in [0, 0.1) is 6.33 Å². The zero-order valence-electron chi connectivity index (χ0n) is 59.6. The van der Waals surface area contributed by atoms with Crippen LogP contribution in [0.4, 0.5) is 0 Å². The topological polar surface area (TPSA) is 45.1 Å². The van der Waals surface area contributed by atoms with Crippen LogP contribution in [0.5, 0.6) is 11.5 Å². The minimum atomic E-state index is -3.67.